The lowest BCUT2D eigenvalue weighted by Crippen LogP contribution is -2.35. The summed E-state index contributed by atoms with van der Waals surface area (Å²) in [6, 6.07) is 0.701. The Morgan fingerprint density at radius 1 is 1.36 bits per heavy atom. The second-order valence-corrected chi connectivity index (χ2v) is 3.58. The van der Waals surface area contributed by atoms with Crippen LogP contribution in [0.4, 0.5) is 0 Å². The highest BCUT2D eigenvalue weighted by Gasteiger charge is 2.28. The number of aliphatic hydroxyl groups is 1. The third-order valence-electron chi connectivity index (χ3n) is 2.75. The molecule has 3 nitrogen and oxygen atoms in total. The largest absolute Gasteiger partial charge is 0.392 e. The Morgan fingerprint density at radius 3 is 2.82 bits per heavy atom. The fourth-order valence-electron chi connectivity index (χ4n) is 2.05. The van der Waals surface area contributed by atoms with E-state index in [9.17, 15) is 5.11 Å². The molecule has 3 heteroatoms. The third kappa shape index (κ3) is 1.55. The van der Waals surface area contributed by atoms with Gasteiger partial charge in [-0.3, -0.25) is 4.90 Å². The van der Waals surface area contributed by atoms with Crippen LogP contribution in [0.2, 0.25) is 0 Å². The molecule has 0 aromatic rings. The molecule has 0 bridgehead atoms. The van der Waals surface area contributed by atoms with Crippen LogP contribution >= 0.6 is 0 Å². The van der Waals surface area contributed by atoms with Crippen LogP contribution in [0.3, 0.4) is 0 Å². The van der Waals surface area contributed by atoms with E-state index in [-0.39, 0.29) is 6.10 Å². The summed E-state index contributed by atoms with van der Waals surface area (Å²) in [5.74, 6) is 0. The molecule has 0 saturated carbocycles. The second-order valence-electron chi connectivity index (χ2n) is 3.58. The highest BCUT2D eigenvalue weighted by molar-refractivity contribution is 4.85. The van der Waals surface area contributed by atoms with Gasteiger partial charge in [-0.2, -0.15) is 0 Å². The topological polar surface area (TPSA) is 35.5 Å². The number of nitrogens with zero attached hydrogens (tertiary/aromatic N) is 1. The van der Waals surface area contributed by atoms with Crippen molar-refractivity contribution in [2.24, 2.45) is 0 Å². The Kier molecular flexibility index (Phi) is 2.11. The molecule has 2 saturated heterocycles. The summed E-state index contributed by atoms with van der Waals surface area (Å²) < 4.78 is 0. The Hall–Kier alpha value is -0.120. The molecule has 0 amide bonds. The maximum atomic E-state index is 9.30. The van der Waals surface area contributed by atoms with Crippen molar-refractivity contribution in [3.63, 3.8) is 0 Å². The van der Waals surface area contributed by atoms with E-state index in [1.807, 2.05) is 0 Å². The first-order valence-electron chi connectivity index (χ1n) is 4.49. The van der Waals surface area contributed by atoms with Gasteiger partial charge >= 0.3 is 0 Å². The second kappa shape index (κ2) is 3.09. The first kappa shape index (κ1) is 7.53. The molecule has 2 atom stereocenters. The van der Waals surface area contributed by atoms with Crippen molar-refractivity contribution in [2.75, 3.05) is 26.2 Å². The minimum Gasteiger partial charge on any atom is -0.392 e. The summed E-state index contributed by atoms with van der Waals surface area (Å²) in [6.45, 7) is 4.25. The standard InChI is InChI=1S/C8H16N2O/c11-8-2-4-10(6-8)7-1-3-9-5-7/h7-9,11H,1-6H2/t7-,8+/m0/s1. The van der Waals surface area contributed by atoms with Gasteiger partial charge in [-0.1, -0.05) is 0 Å². The lowest BCUT2D eigenvalue weighted by atomic mass is 10.2. The zero-order valence-electron chi connectivity index (χ0n) is 6.79. The molecule has 2 heterocycles. The fraction of sp³-hybridized carbons (Fsp3) is 1.00. The number of hydrogen-bond acceptors (Lipinski definition) is 3. The summed E-state index contributed by atoms with van der Waals surface area (Å²) in [5, 5.41) is 12.6. The van der Waals surface area contributed by atoms with Gasteiger partial charge in [0.2, 0.25) is 0 Å². The SMILES string of the molecule is O[C@@H]1CCN([C@H]2CCNC2)C1. The van der Waals surface area contributed by atoms with Crippen LogP contribution in [0, 0.1) is 0 Å². The molecular weight excluding hydrogens is 140 g/mol. The summed E-state index contributed by atoms with van der Waals surface area (Å²) in [7, 11) is 0. The van der Waals surface area contributed by atoms with E-state index in [2.05, 4.69) is 10.2 Å². The van der Waals surface area contributed by atoms with E-state index in [1.165, 1.54) is 6.42 Å². The Morgan fingerprint density at radius 2 is 2.27 bits per heavy atom. The quantitative estimate of drug-likeness (QED) is 0.533. The number of hydrogen-bond donors (Lipinski definition) is 2. The molecule has 64 valence electrons. The smallest absolute Gasteiger partial charge is 0.0679 e. The lowest BCUT2D eigenvalue weighted by molar-refractivity contribution is 0.163. The van der Waals surface area contributed by atoms with Gasteiger partial charge in [0.05, 0.1) is 6.10 Å². The van der Waals surface area contributed by atoms with Crippen molar-refractivity contribution in [1.29, 1.82) is 0 Å². The van der Waals surface area contributed by atoms with E-state index in [0.29, 0.717) is 6.04 Å². The predicted octanol–water partition coefficient (Wildman–Crippen LogP) is -0.585. The van der Waals surface area contributed by atoms with Crippen LogP contribution in [-0.4, -0.2) is 48.3 Å². The minimum atomic E-state index is -0.0596. The van der Waals surface area contributed by atoms with Gasteiger partial charge in [-0.05, 0) is 19.4 Å². The molecule has 2 rings (SSSR count). The summed E-state index contributed by atoms with van der Waals surface area (Å²) >= 11 is 0. The first-order chi connectivity index (χ1) is 5.36. The molecule has 0 radical (unpaired) electrons. The van der Waals surface area contributed by atoms with Crippen LogP contribution in [0.1, 0.15) is 12.8 Å². The zero-order valence-corrected chi connectivity index (χ0v) is 6.79. The number of rotatable bonds is 1. The van der Waals surface area contributed by atoms with Crippen molar-refractivity contribution >= 4 is 0 Å². The molecule has 2 aliphatic rings. The monoisotopic (exact) mass is 156 g/mol. The van der Waals surface area contributed by atoms with Gasteiger partial charge in [0, 0.05) is 25.7 Å². The van der Waals surface area contributed by atoms with E-state index in [1.54, 1.807) is 0 Å². The van der Waals surface area contributed by atoms with Crippen molar-refractivity contribution in [2.45, 2.75) is 25.0 Å². The molecular formula is C8H16N2O. The highest BCUT2D eigenvalue weighted by atomic mass is 16.3. The molecule has 0 unspecified atom stereocenters. The summed E-state index contributed by atoms with van der Waals surface area (Å²) in [6.07, 6.45) is 2.17. The van der Waals surface area contributed by atoms with Crippen molar-refractivity contribution < 1.29 is 5.11 Å². The average molecular weight is 156 g/mol. The Labute approximate surface area is 67.4 Å². The first-order valence-corrected chi connectivity index (χ1v) is 4.49. The highest BCUT2D eigenvalue weighted by Crippen LogP contribution is 2.16. The summed E-state index contributed by atoms with van der Waals surface area (Å²) in [4.78, 5) is 2.41. The Balaban J connectivity index is 1.85. The number of likely N-dealkylation sites (tertiary alicyclic amines) is 1. The molecule has 0 aliphatic carbocycles. The Bertz CT molecular complexity index is 134. The van der Waals surface area contributed by atoms with Gasteiger partial charge in [-0.25, -0.2) is 0 Å². The van der Waals surface area contributed by atoms with Gasteiger partial charge < -0.3 is 10.4 Å². The van der Waals surface area contributed by atoms with Crippen LogP contribution < -0.4 is 5.32 Å². The fourth-order valence-corrected chi connectivity index (χ4v) is 2.05. The predicted molar refractivity (Wildman–Crippen MR) is 43.5 cm³/mol. The summed E-state index contributed by atoms with van der Waals surface area (Å²) in [5.41, 5.74) is 0. The minimum absolute atomic E-state index is 0.0596. The van der Waals surface area contributed by atoms with E-state index < -0.39 is 0 Å². The van der Waals surface area contributed by atoms with Crippen LogP contribution in [-0.2, 0) is 0 Å². The maximum Gasteiger partial charge on any atom is 0.0679 e. The van der Waals surface area contributed by atoms with Crippen molar-refractivity contribution in [1.82, 2.24) is 10.2 Å². The van der Waals surface area contributed by atoms with Crippen molar-refractivity contribution in [3.05, 3.63) is 0 Å². The molecule has 0 aromatic carbocycles. The normalized spacial score (nSPS) is 40.1. The molecule has 11 heavy (non-hydrogen) atoms. The van der Waals surface area contributed by atoms with Gasteiger partial charge in [-0.15, -0.1) is 0 Å². The number of nitrogens with one attached hydrogen (secondary N) is 1. The zero-order chi connectivity index (χ0) is 7.68. The van der Waals surface area contributed by atoms with E-state index in [4.69, 9.17) is 0 Å². The molecule has 2 aliphatic heterocycles. The third-order valence-corrected chi connectivity index (χ3v) is 2.75. The van der Waals surface area contributed by atoms with Crippen LogP contribution in [0.5, 0.6) is 0 Å². The van der Waals surface area contributed by atoms with Crippen LogP contribution in [0.25, 0.3) is 0 Å². The molecule has 2 N–H and O–H groups in total. The maximum absolute atomic E-state index is 9.30. The lowest BCUT2D eigenvalue weighted by Gasteiger charge is -2.21. The molecule has 0 aromatic heterocycles. The molecule has 0 spiro atoms. The van der Waals surface area contributed by atoms with Gasteiger partial charge in [0.1, 0.15) is 0 Å². The van der Waals surface area contributed by atoms with E-state index >= 15 is 0 Å². The average Bonchev–Trinajstić information content (AvgIpc) is 2.55. The number of aliphatic hydroxyl groups excluding tert-OH is 1. The van der Waals surface area contributed by atoms with E-state index in [0.717, 1.165) is 32.6 Å². The number of β-amino-alcohol motifs (C(OH)–C–C–N with tert-alkyl or cyclic N) is 1. The molecule has 2 fully saturated rings. The van der Waals surface area contributed by atoms with Gasteiger partial charge in [0.15, 0.2) is 0 Å². The van der Waals surface area contributed by atoms with Gasteiger partial charge in [0.25, 0.3) is 0 Å². The van der Waals surface area contributed by atoms with Crippen molar-refractivity contribution in [3.8, 4) is 0 Å². The van der Waals surface area contributed by atoms with Crippen LogP contribution in [0.15, 0.2) is 0 Å².